The van der Waals surface area contributed by atoms with Gasteiger partial charge >= 0.3 is 0 Å². The van der Waals surface area contributed by atoms with Crippen molar-refractivity contribution in [2.45, 2.75) is 13.0 Å². The van der Waals surface area contributed by atoms with Gasteiger partial charge in [0, 0.05) is 38.2 Å². The predicted molar refractivity (Wildman–Crippen MR) is 99.5 cm³/mol. The van der Waals surface area contributed by atoms with Gasteiger partial charge in [0.15, 0.2) is 11.5 Å². The van der Waals surface area contributed by atoms with E-state index in [2.05, 4.69) is 21.6 Å². The van der Waals surface area contributed by atoms with Gasteiger partial charge < -0.3 is 18.9 Å². The molecule has 0 spiro atoms. The summed E-state index contributed by atoms with van der Waals surface area (Å²) in [6, 6.07) is 5.49. The van der Waals surface area contributed by atoms with E-state index in [1.807, 2.05) is 23.1 Å². The fourth-order valence-corrected chi connectivity index (χ4v) is 3.01. The highest BCUT2D eigenvalue weighted by Gasteiger charge is 2.22. The van der Waals surface area contributed by atoms with E-state index >= 15 is 0 Å². The summed E-state index contributed by atoms with van der Waals surface area (Å²) >= 11 is 0. The van der Waals surface area contributed by atoms with Gasteiger partial charge in [-0.05, 0) is 18.2 Å². The van der Waals surface area contributed by atoms with Crippen molar-refractivity contribution >= 4 is 5.91 Å². The number of amides is 1. The molecule has 1 aliphatic rings. The number of ether oxygens (including phenoxy) is 2. The van der Waals surface area contributed by atoms with Crippen molar-refractivity contribution < 1.29 is 18.8 Å². The fraction of sp³-hybridized carbons (Fsp3) is 0.421. The minimum atomic E-state index is 0.123. The molecule has 3 rings (SSSR count). The van der Waals surface area contributed by atoms with Crippen molar-refractivity contribution in [1.29, 1.82) is 0 Å². The Balaban J connectivity index is 1.60. The van der Waals surface area contributed by atoms with Gasteiger partial charge in [0.2, 0.25) is 17.6 Å². The van der Waals surface area contributed by atoms with E-state index in [4.69, 9.17) is 14.0 Å². The van der Waals surface area contributed by atoms with E-state index < -0.39 is 0 Å². The lowest BCUT2D eigenvalue weighted by Crippen LogP contribution is -2.48. The molecule has 1 aromatic heterocycles. The summed E-state index contributed by atoms with van der Waals surface area (Å²) in [5.41, 5.74) is 0.794. The van der Waals surface area contributed by atoms with E-state index in [1.54, 1.807) is 20.3 Å². The molecule has 0 atom stereocenters. The van der Waals surface area contributed by atoms with Gasteiger partial charge in [-0.25, -0.2) is 0 Å². The summed E-state index contributed by atoms with van der Waals surface area (Å²) < 4.78 is 16.0. The van der Waals surface area contributed by atoms with Gasteiger partial charge in [-0.2, -0.15) is 4.98 Å². The summed E-state index contributed by atoms with van der Waals surface area (Å²) in [7, 11) is 3.18. The number of carbonyl (C=O) groups is 1. The minimum absolute atomic E-state index is 0.123. The molecule has 0 bridgehead atoms. The molecule has 2 aromatic rings. The van der Waals surface area contributed by atoms with Crippen LogP contribution in [0.3, 0.4) is 0 Å². The molecule has 1 aromatic carbocycles. The number of carbonyl (C=O) groups excluding carboxylic acids is 1. The van der Waals surface area contributed by atoms with Gasteiger partial charge in [-0.3, -0.25) is 9.69 Å². The average Bonchev–Trinajstić information content (AvgIpc) is 3.16. The highest BCUT2D eigenvalue weighted by Crippen LogP contribution is 2.31. The van der Waals surface area contributed by atoms with Gasteiger partial charge in [0.05, 0.1) is 20.8 Å². The Morgan fingerprint density at radius 2 is 1.96 bits per heavy atom. The lowest BCUT2D eigenvalue weighted by Gasteiger charge is -2.33. The Kier molecular flexibility index (Phi) is 6.08. The highest BCUT2D eigenvalue weighted by atomic mass is 16.5. The number of nitrogens with zero attached hydrogens (tertiary/aromatic N) is 4. The van der Waals surface area contributed by atoms with Crippen molar-refractivity contribution in [1.82, 2.24) is 19.9 Å². The highest BCUT2D eigenvalue weighted by molar-refractivity contribution is 5.77. The van der Waals surface area contributed by atoms with Crippen LogP contribution in [0, 0.1) is 0 Å². The molecule has 2 heterocycles. The van der Waals surface area contributed by atoms with Gasteiger partial charge in [-0.1, -0.05) is 11.2 Å². The third-order valence-electron chi connectivity index (χ3n) is 4.51. The van der Waals surface area contributed by atoms with E-state index in [0.29, 0.717) is 49.3 Å². The van der Waals surface area contributed by atoms with Crippen LogP contribution in [0.1, 0.15) is 12.3 Å². The fourth-order valence-electron chi connectivity index (χ4n) is 3.01. The summed E-state index contributed by atoms with van der Waals surface area (Å²) in [5.74, 6) is 2.44. The van der Waals surface area contributed by atoms with Crippen molar-refractivity contribution in [2.24, 2.45) is 0 Å². The van der Waals surface area contributed by atoms with Crippen molar-refractivity contribution in [2.75, 3.05) is 40.4 Å². The van der Waals surface area contributed by atoms with Crippen LogP contribution in [-0.2, 0) is 11.3 Å². The molecule has 144 valence electrons. The second-order valence-corrected chi connectivity index (χ2v) is 6.23. The zero-order valence-electron chi connectivity index (χ0n) is 15.7. The van der Waals surface area contributed by atoms with Crippen LogP contribution in [0.4, 0.5) is 0 Å². The van der Waals surface area contributed by atoms with Crippen LogP contribution < -0.4 is 9.47 Å². The summed E-state index contributed by atoms with van der Waals surface area (Å²) in [4.78, 5) is 20.4. The third kappa shape index (κ3) is 4.46. The number of benzene rings is 1. The van der Waals surface area contributed by atoms with Crippen molar-refractivity contribution in [3.8, 4) is 22.9 Å². The Morgan fingerprint density at radius 1 is 1.22 bits per heavy atom. The van der Waals surface area contributed by atoms with Gasteiger partial charge in [0.1, 0.15) is 0 Å². The topological polar surface area (TPSA) is 80.9 Å². The van der Waals surface area contributed by atoms with Gasteiger partial charge in [0.25, 0.3) is 0 Å². The molecule has 8 heteroatoms. The average molecular weight is 372 g/mol. The maximum absolute atomic E-state index is 11.9. The number of methoxy groups -OCH3 is 2. The number of rotatable bonds is 7. The second-order valence-electron chi connectivity index (χ2n) is 6.23. The van der Waals surface area contributed by atoms with E-state index in [-0.39, 0.29) is 5.91 Å². The van der Waals surface area contributed by atoms with E-state index in [1.165, 1.54) is 0 Å². The Bertz CT molecular complexity index is 797. The van der Waals surface area contributed by atoms with Crippen LogP contribution >= 0.6 is 0 Å². The van der Waals surface area contributed by atoms with Crippen LogP contribution in [0.5, 0.6) is 11.5 Å². The molecular formula is C19H24N4O4. The SMILES string of the molecule is C=CCC(=O)N1CCN(Cc2nc(-c3ccc(OC)c(OC)c3)no2)CC1. The Morgan fingerprint density at radius 3 is 2.63 bits per heavy atom. The summed E-state index contributed by atoms with van der Waals surface area (Å²) in [6.45, 7) is 7.12. The molecule has 0 radical (unpaired) electrons. The smallest absolute Gasteiger partial charge is 0.241 e. The Hall–Kier alpha value is -2.87. The monoisotopic (exact) mass is 372 g/mol. The number of hydrogen-bond donors (Lipinski definition) is 0. The first kappa shape index (κ1) is 18.9. The summed E-state index contributed by atoms with van der Waals surface area (Å²) in [5, 5.41) is 4.07. The first-order valence-corrected chi connectivity index (χ1v) is 8.80. The molecule has 1 fully saturated rings. The maximum Gasteiger partial charge on any atom is 0.241 e. The third-order valence-corrected chi connectivity index (χ3v) is 4.51. The zero-order chi connectivity index (χ0) is 19.2. The Labute approximate surface area is 158 Å². The lowest BCUT2D eigenvalue weighted by molar-refractivity contribution is -0.132. The molecule has 0 aliphatic carbocycles. The van der Waals surface area contributed by atoms with Crippen LogP contribution in [0.2, 0.25) is 0 Å². The van der Waals surface area contributed by atoms with Gasteiger partial charge in [-0.15, -0.1) is 6.58 Å². The first-order valence-electron chi connectivity index (χ1n) is 8.80. The van der Waals surface area contributed by atoms with Crippen LogP contribution in [0.25, 0.3) is 11.4 Å². The molecule has 8 nitrogen and oxygen atoms in total. The standard InChI is InChI=1S/C19H24N4O4/c1-4-5-18(24)23-10-8-22(9-11-23)13-17-20-19(21-27-17)14-6-7-15(25-2)16(12-14)26-3/h4,6-7,12H,1,5,8-11,13H2,2-3H3. The first-order chi connectivity index (χ1) is 13.1. The number of aromatic nitrogens is 2. The minimum Gasteiger partial charge on any atom is -0.493 e. The summed E-state index contributed by atoms with van der Waals surface area (Å²) in [6.07, 6.45) is 2.03. The lowest BCUT2D eigenvalue weighted by atomic mass is 10.2. The predicted octanol–water partition coefficient (Wildman–Crippen LogP) is 1.97. The van der Waals surface area contributed by atoms with E-state index in [0.717, 1.165) is 18.7 Å². The molecule has 1 aliphatic heterocycles. The normalized spacial score (nSPS) is 14.8. The van der Waals surface area contributed by atoms with Crippen LogP contribution in [-0.4, -0.2) is 66.2 Å². The molecular weight excluding hydrogens is 348 g/mol. The largest absolute Gasteiger partial charge is 0.493 e. The van der Waals surface area contributed by atoms with E-state index in [9.17, 15) is 4.79 Å². The molecule has 0 unspecified atom stereocenters. The number of piperazine rings is 1. The van der Waals surface area contributed by atoms with Crippen molar-refractivity contribution in [3.63, 3.8) is 0 Å². The van der Waals surface area contributed by atoms with Crippen molar-refractivity contribution in [3.05, 3.63) is 36.7 Å². The number of hydrogen-bond acceptors (Lipinski definition) is 7. The molecule has 0 saturated carbocycles. The molecule has 0 N–H and O–H groups in total. The molecule has 27 heavy (non-hydrogen) atoms. The second kappa shape index (κ2) is 8.68. The maximum atomic E-state index is 11.9. The molecule has 1 amide bonds. The molecule has 1 saturated heterocycles. The quantitative estimate of drug-likeness (QED) is 0.687. The van der Waals surface area contributed by atoms with Crippen LogP contribution in [0.15, 0.2) is 35.4 Å². The zero-order valence-corrected chi connectivity index (χ0v) is 15.7.